The highest BCUT2D eigenvalue weighted by Gasteiger charge is 2.47. The molecule has 5 rings (SSSR count). The van der Waals surface area contributed by atoms with Crippen LogP contribution in [-0.4, -0.2) is 66.2 Å². The van der Waals surface area contributed by atoms with Crippen LogP contribution in [0.15, 0.2) is 24.3 Å². The molecule has 3 N–H and O–H groups in total. The second-order valence-electron chi connectivity index (χ2n) is 10.1. The molecular weight excluding hydrogens is 420 g/mol. The van der Waals surface area contributed by atoms with Crippen molar-refractivity contribution in [3.05, 3.63) is 29.8 Å². The molecule has 8 heteroatoms. The maximum Gasteiger partial charge on any atom is 0.404 e. The van der Waals surface area contributed by atoms with E-state index >= 15 is 0 Å². The minimum atomic E-state index is -0.897. The van der Waals surface area contributed by atoms with Crippen LogP contribution in [0.25, 0.3) is 0 Å². The monoisotopic (exact) mass is 454 g/mol. The van der Waals surface area contributed by atoms with Crippen molar-refractivity contribution in [2.45, 2.75) is 62.9 Å². The fourth-order valence-corrected chi connectivity index (χ4v) is 6.23. The van der Waals surface area contributed by atoms with Crippen molar-refractivity contribution in [2.75, 3.05) is 31.1 Å². The Balaban J connectivity index is 1.08. The predicted octanol–water partition coefficient (Wildman–Crippen LogP) is 2.54. The number of nitrogens with one attached hydrogen (secondary N) is 2. The van der Waals surface area contributed by atoms with Gasteiger partial charge in [0.1, 0.15) is 0 Å². The molecule has 2 saturated heterocycles. The van der Waals surface area contributed by atoms with Crippen molar-refractivity contribution in [2.24, 2.45) is 11.8 Å². The first kappa shape index (κ1) is 22.2. The number of benzene rings is 1. The third-order valence-corrected chi connectivity index (χ3v) is 8.19. The zero-order valence-corrected chi connectivity index (χ0v) is 19.0. The number of carbonyl (C=O) groups is 3. The van der Waals surface area contributed by atoms with E-state index in [4.69, 9.17) is 5.11 Å². The van der Waals surface area contributed by atoms with Crippen molar-refractivity contribution < 1.29 is 19.5 Å². The Kier molecular flexibility index (Phi) is 6.27. The molecule has 0 spiro atoms. The summed E-state index contributed by atoms with van der Waals surface area (Å²) in [6, 6.07) is 9.13. The van der Waals surface area contributed by atoms with Crippen LogP contribution in [0.4, 0.5) is 10.5 Å². The van der Waals surface area contributed by atoms with Crippen molar-refractivity contribution in [1.29, 1.82) is 0 Å². The minimum absolute atomic E-state index is 0.140. The summed E-state index contributed by atoms with van der Waals surface area (Å²) in [5.74, 6) is 0.954. The Labute approximate surface area is 194 Å². The fourth-order valence-electron chi connectivity index (χ4n) is 6.23. The van der Waals surface area contributed by atoms with E-state index in [0.717, 1.165) is 69.3 Å². The number of imide groups is 1. The van der Waals surface area contributed by atoms with Crippen molar-refractivity contribution in [3.63, 3.8) is 0 Å². The Morgan fingerprint density at radius 2 is 1.67 bits per heavy atom. The third-order valence-electron chi connectivity index (χ3n) is 8.19. The average Bonchev–Trinajstić information content (AvgIpc) is 3.61. The quantitative estimate of drug-likeness (QED) is 0.591. The molecule has 2 saturated carbocycles. The molecule has 2 heterocycles. The first-order valence-corrected chi connectivity index (χ1v) is 12.4. The van der Waals surface area contributed by atoms with Gasteiger partial charge in [-0.1, -0.05) is 12.1 Å². The first-order chi connectivity index (χ1) is 16.0. The standard InChI is InChI=1S/C25H34N4O4/c30-23-10-9-20(24(31)27-23)16-3-7-19(8-4-16)28-11-13-29(14-12-28)22-15-21(22)17-1-5-18(6-2-17)26-25(32)33/h3-4,7-8,17-18,20-22,26H,1-2,5-6,9-15H2,(H,32,33)(H,27,30,31)/t17?,18?,20?,21-,22+/m0/s1. The SMILES string of the molecule is O=C(O)NC1CCC([C@@H]2C[C@H]2N2CCN(c3ccc(C4CCC(=O)NC4=O)cc3)CC2)CC1. The minimum Gasteiger partial charge on any atom is -0.465 e. The molecule has 33 heavy (non-hydrogen) atoms. The lowest BCUT2D eigenvalue weighted by Crippen LogP contribution is -2.48. The lowest BCUT2D eigenvalue weighted by atomic mass is 9.83. The summed E-state index contributed by atoms with van der Waals surface area (Å²) in [6.45, 7) is 4.17. The molecule has 1 aromatic carbocycles. The largest absolute Gasteiger partial charge is 0.465 e. The van der Waals surface area contributed by atoms with Crippen LogP contribution in [0.1, 0.15) is 56.4 Å². The molecule has 1 unspecified atom stereocenters. The number of carbonyl (C=O) groups excluding carboxylic acids is 2. The highest BCUT2D eigenvalue weighted by atomic mass is 16.4. The molecule has 178 valence electrons. The van der Waals surface area contributed by atoms with Crippen molar-refractivity contribution in [3.8, 4) is 0 Å². The Hall–Kier alpha value is -2.61. The molecule has 3 atom stereocenters. The van der Waals surface area contributed by atoms with Gasteiger partial charge in [-0.05, 0) is 68.1 Å². The maximum atomic E-state index is 12.1. The van der Waals surface area contributed by atoms with Crippen LogP contribution in [0, 0.1) is 11.8 Å². The summed E-state index contributed by atoms with van der Waals surface area (Å²) < 4.78 is 0. The van der Waals surface area contributed by atoms with Crippen LogP contribution in [0.3, 0.4) is 0 Å². The van der Waals surface area contributed by atoms with E-state index in [1.807, 2.05) is 12.1 Å². The van der Waals surface area contributed by atoms with Crippen LogP contribution in [0.2, 0.25) is 0 Å². The summed E-state index contributed by atoms with van der Waals surface area (Å²) in [5.41, 5.74) is 2.18. The maximum absolute atomic E-state index is 12.1. The van der Waals surface area contributed by atoms with Gasteiger partial charge >= 0.3 is 6.09 Å². The van der Waals surface area contributed by atoms with Crippen molar-refractivity contribution in [1.82, 2.24) is 15.5 Å². The Bertz CT molecular complexity index is 888. The van der Waals surface area contributed by atoms with Crippen molar-refractivity contribution >= 4 is 23.6 Å². The van der Waals surface area contributed by atoms with E-state index in [-0.39, 0.29) is 23.8 Å². The number of piperazine rings is 1. The number of nitrogens with zero attached hydrogens (tertiary/aromatic N) is 2. The van der Waals surface area contributed by atoms with Gasteiger partial charge in [0.15, 0.2) is 0 Å². The van der Waals surface area contributed by atoms with Gasteiger partial charge in [0, 0.05) is 50.4 Å². The second-order valence-corrected chi connectivity index (χ2v) is 10.1. The second kappa shape index (κ2) is 9.33. The highest BCUT2D eigenvalue weighted by Crippen LogP contribution is 2.47. The van der Waals surface area contributed by atoms with E-state index in [2.05, 4.69) is 32.6 Å². The van der Waals surface area contributed by atoms with E-state index < -0.39 is 6.09 Å². The summed E-state index contributed by atoms with van der Waals surface area (Å²) in [6.07, 6.45) is 5.63. The number of rotatable bonds is 5. The zero-order valence-electron chi connectivity index (χ0n) is 19.0. The summed E-state index contributed by atoms with van der Waals surface area (Å²) in [5, 5.41) is 14.0. The average molecular weight is 455 g/mol. The molecule has 4 fully saturated rings. The number of amides is 3. The fraction of sp³-hybridized carbons (Fsp3) is 0.640. The highest BCUT2D eigenvalue weighted by molar-refractivity contribution is 6.00. The number of hydrogen-bond acceptors (Lipinski definition) is 5. The lowest BCUT2D eigenvalue weighted by molar-refractivity contribution is -0.134. The van der Waals surface area contributed by atoms with Gasteiger partial charge in [0.2, 0.25) is 11.8 Å². The Morgan fingerprint density at radius 3 is 2.30 bits per heavy atom. The van der Waals surface area contributed by atoms with Crippen LogP contribution in [-0.2, 0) is 9.59 Å². The van der Waals surface area contributed by atoms with Gasteiger partial charge < -0.3 is 15.3 Å². The molecule has 1 aromatic rings. The lowest BCUT2D eigenvalue weighted by Gasteiger charge is -2.37. The summed E-state index contributed by atoms with van der Waals surface area (Å²) in [4.78, 5) is 39.4. The first-order valence-electron chi connectivity index (χ1n) is 12.4. The molecular formula is C25H34N4O4. The molecule has 3 amide bonds. The zero-order chi connectivity index (χ0) is 22.9. The van der Waals surface area contributed by atoms with Gasteiger partial charge in [-0.2, -0.15) is 0 Å². The van der Waals surface area contributed by atoms with E-state index in [0.29, 0.717) is 18.9 Å². The number of anilines is 1. The van der Waals surface area contributed by atoms with Crippen LogP contribution >= 0.6 is 0 Å². The van der Waals surface area contributed by atoms with E-state index in [1.165, 1.54) is 12.1 Å². The molecule has 0 aromatic heterocycles. The Morgan fingerprint density at radius 1 is 0.970 bits per heavy atom. The molecule has 8 nitrogen and oxygen atoms in total. The van der Waals surface area contributed by atoms with E-state index in [1.54, 1.807) is 0 Å². The number of piperidine rings is 1. The topological polar surface area (TPSA) is 102 Å². The summed E-state index contributed by atoms with van der Waals surface area (Å²) >= 11 is 0. The normalized spacial score (nSPS) is 32.8. The molecule has 4 aliphatic rings. The van der Waals surface area contributed by atoms with Gasteiger partial charge in [0.05, 0.1) is 5.92 Å². The summed E-state index contributed by atoms with van der Waals surface area (Å²) in [7, 11) is 0. The predicted molar refractivity (Wildman–Crippen MR) is 124 cm³/mol. The molecule has 2 aliphatic carbocycles. The molecule has 2 aliphatic heterocycles. The third kappa shape index (κ3) is 5.00. The molecule has 0 radical (unpaired) electrons. The van der Waals surface area contributed by atoms with E-state index in [9.17, 15) is 14.4 Å². The van der Waals surface area contributed by atoms with Gasteiger partial charge in [-0.3, -0.25) is 19.8 Å². The van der Waals surface area contributed by atoms with Gasteiger partial charge in [-0.25, -0.2) is 4.79 Å². The van der Waals surface area contributed by atoms with Crippen LogP contribution < -0.4 is 15.5 Å². The number of carboxylic acid groups (broad SMARTS) is 1. The van der Waals surface area contributed by atoms with Gasteiger partial charge in [0.25, 0.3) is 0 Å². The smallest absolute Gasteiger partial charge is 0.404 e. The van der Waals surface area contributed by atoms with Gasteiger partial charge in [-0.15, -0.1) is 0 Å². The van der Waals surface area contributed by atoms with Crippen LogP contribution in [0.5, 0.6) is 0 Å². The number of hydrogen-bond donors (Lipinski definition) is 3. The molecule has 0 bridgehead atoms.